The Morgan fingerprint density at radius 3 is 2.58 bits per heavy atom. The van der Waals surface area contributed by atoms with Gasteiger partial charge in [0.25, 0.3) is 0 Å². The van der Waals surface area contributed by atoms with Crippen LogP contribution in [0.1, 0.15) is 26.0 Å². The molecular formula is C20H29N3O3. The fourth-order valence-electron chi connectivity index (χ4n) is 2.37. The highest BCUT2D eigenvalue weighted by molar-refractivity contribution is 5.79. The van der Waals surface area contributed by atoms with Gasteiger partial charge in [-0.1, -0.05) is 19.1 Å². The van der Waals surface area contributed by atoms with Gasteiger partial charge in [0.05, 0.1) is 19.9 Å². The molecule has 6 heteroatoms. The van der Waals surface area contributed by atoms with Crippen LogP contribution in [0.4, 0.5) is 0 Å². The first-order valence-electron chi connectivity index (χ1n) is 9.07. The van der Waals surface area contributed by atoms with E-state index in [-0.39, 0.29) is 6.10 Å². The van der Waals surface area contributed by atoms with E-state index in [2.05, 4.69) is 22.5 Å². The largest absolute Gasteiger partial charge is 0.493 e. The van der Waals surface area contributed by atoms with Crippen LogP contribution >= 0.6 is 0 Å². The molecule has 1 aromatic heterocycles. The van der Waals surface area contributed by atoms with Crippen LogP contribution in [0.25, 0.3) is 0 Å². The van der Waals surface area contributed by atoms with Crippen molar-refractivity contribution in [3.8, 4) is 11.5 Å². The zero-order valence-electron chi connectivity index (χ0n) is 15.8. The van der Waals surface area contributed by atoms with Crippen molar-refractivity contribution in [1.29, 1.82) is 0 Å². The van der Waals surface area contributed by atoms with Crippen molar-refractivity contribution >= 4 is 5.96 Å². The molecule has 0 spiro atoms. The minimum atomic E-state index is -0.0726. The Kier molecular flexibility index (Phi) is 8.39. The third-order valence-electron chi connectivity index (χ3n) is 3.69. The molecule has 0 amide bonds. The molecular weight excluding hydrogens is 330 g/mol. The first kappa shape index (κ1) is 19.7. The summed E-state index contributed by atoms with van der Waals surface area (Å²) in [6, 6.07) is 11.5. The lowest BCUT2D eigenvalue weighted by atomic mass is 10.3. The van der Waals surface area contributed by atoms with Gasteiger partial charge >= 0.3 is 0 Å². The van der Waals surface area contributed by atoms with Gasteiger partial charge in [-0.25, -0.2) is 4.99 Å². The summed E-state index contributed by atoms with van der Waals surface area (Å²) in [4.78, 5) is 4.63. The van der Waals surface area contributed by atoms with Crippen LogP contribution in [0.15, 0.2) is 52.1 Å². The van der Waals surface area contributed by atoms with Crippen LogP contribution in [0.3, 0.4) is 0 Å². The molecule has 1 atom stereocenters. The van der Waals surface area contributed by atoms with E-state index in [1.165, 1.54) is 0 Å². The Bertz CT molecular complexity index is 656. The van der Waals surface area contributed by atoms with Crippen molar-refractivity contribution in [2.75, 3.05) is 26.7 Å². The summed E-state index contributed by atoms with van der Waals surface area (Å²) < 4.78 is 16.6. The number of rotatable bonds is 10. The van der Waals surface area contributed by atoms with E-state index in [1.54, 1.807) is 13.4 Å². The second-order valence-electron chi connectivity index (χ2n) is 5.95. The maximum atomic E-state index is 5.95. The van der Waals surface area contributed by atoms with E-state index < -0.39 is 0 Å². The van der Waals surface area contributed by atoms with Crippen molar-refractivity contribution in [1.82, 2.24) is 10.6 Å². The molecule has 0 aliphatic carbocycles. The molecule has 2 N–H and O–H groups in total. The number of nitrogens with one attached hydrogen (secondary N) is 2. The van der Waals surface area contributed by atoms with Gasteiger partial charge in [0.1, 0.15) is 11.9 Å². The highest BCUT2D eigenvalue weighted by atomic mass is 16.5. The molecule has 0 fully saturated rings. The molecule has 0 saturated carbocycles. The molecule has 0 saturated heterocycles. The summed E-state index contributed by atoms with van der Waals surface area (Å²) in [5.41, 5.74) is 0. The molecule has 1 unspecified atom stereocenters. The summed E-state index contributed by atoms with van der Waals surface area (Å²) in [5, 5.41) is 6.65. The molecule has 1 heterocycles. The Morgan fingerprint density at radius 2 is 1.88 bits per heavy atom. The lowest BCUT2D eigenvalue weighted by Gasteiger charge is -2.17. The average molecular weight is 359 g/mol. The average Bonchev–Trinajstić information content (AvgIpc) is 3.17. The zero-order valence-corrected chi connectivity index (χ0v) is 15.8. The summed E-state index contributed by atoms with van der Waals surface area (Å²) in [6.07, 6.45) is 3.46. The molecule has 26 heavy (non-hydrogen) atoms. The van der Waals surface area contributed by atoms with Crippen molar-refractivity contribution < 1.29 is 13.9 Å². The summed E-state index contributed by atoms with van der Waals surface area (Å²) in [5.74, 6) is 3.20. The van der Waals surface area contributed by atoms with Crippen LogP contribution in [-0.2, 0) is 6.42 Å². The van der Waals surface area contributed by atoms with E-state index >= 15 is 0 Å². The van der Waals surface area contributed by atoms with Gasteiger partial charge in [0.15, 0.2) is 17.5 Å². The minimum absolute atomic E-state index is 0.0726. The van der Waals surface area contributed by atoms with E-state index in [1.807, 2.05) is 43.3 Å². The van der Waals surface area contributed by atoms with E-state index in [9.17, 15) is 0 Å². The Hall–Kier alpha value is -2.63. The van der Waals surface area contributed by atoms with Crippen molar-refractivity contribution in [2.24, 2.45) is 4.99 Å². The maximum Gasteiger partial charge on any atom is 0.191 e. The number of furan rings is 1. The van der Waals surface area contributed by atoms with Crippen LogP contribution in [0.2, 0.25) is 0 Å². The molecule has 142 valence electrons. The van der Waals surface area contributed by atoms with Gasteiger partial charge in [0, 0.05) is 19.5 Å². The second-order valence-corrected chi connectivity index (χ2v) is 5.95. The summed E-state index contributed by atoms with van der Waals surface area (Å²) in [7, 11) is 1.64. The molecule has 6 nitrogen and oxygen atoms in total. The monoisotopic (exact) mass is 359 g/mol. The normalized spacial score (nSPS) is 12.5. The number of benzene rings is 1. The first-order valence-corrected chi connectivity index (χ1v) is 9.07. The van der Waals surface area contributed by atoms with Crippen molar-refractivity contribution in [2.45, 2.75) is 32.8 Å². The number of guanidine groups is 1. The van der Waals surface area contributed by atoms with Gasteiger partial charge < -0.3 is 24.5 Å². The minimum Gasteiger partial charge on any atom is -0.493 e. The van der Waals surface area contributed by atoms with Gasteiger partial charge in [-0.05, 0) is 37.6 Å². The molecule has 2 aromatic rings. The molecule has 1 aromatic carbocycles. The predicted molar refractivity (Wildman–Crippen MR) is 104 cm³/mol. The fraction of sp³-hybridized carbons (Fsp3) is 0.450. The van der Waals surface area contributed by atoms with E-state index in [0.29, 0.717) is 6.54 Å². The topological polar surface area (TPSA) is 68.0 Å². The zero-order chi connectivity index (χ0) is 18.6. The Morgan fingerprint density at radius 1 is 1.12 bits per heavy atom. The Labute approximate surface area is 155 Å². The van der Waals surface area contributed by atoms with E-state index in [0.717, 1.165) is 49.1 Å². The SMILES string of the molecule is CCCNC(=NCC(C)Oc1ccccc1OC)NCCc1ccco1. The number of nitrogens with zero attached hydrogens (tertiary/aromatic N) is 1. The number of methoxy groups -OCH3 is 1. The third-order valence-corrected chi connectivity index (χ3v) is 3.69. The van der Waals surface area contributed by atoms with Crippen LogP contribution in [0.5, 0.6) is 11.5 Å². The molecule has 0 aliphatic heterocycles. The number of aliphatic imine (C=N–C) groups is 1. The lowest BCUT2D eigenvalue weighted by Crippen LogP contribution is -2.39. The number of ether oxygens (including phenoxy) is 2. The van der Waals surface area contributed by atoms with Gasteiger partial charge in [0.2, 0.25) is 0 Å². The number of para-hydroxylation sites is 2. The lowest BCUT2D eigenvalue weighted by molar-refractivity contribution is 0.219. The highest BCUT2D eigenvalue weighted by Crippen LogP contribution is 2.26. The fourth-order valence-corrected chi connectivity index (χ4v) is 2.37. The standard InChI is InChI=1S/C20H29N3O3/c1-4-12-21-20(22-13-11-17-8-7-14-25-17)23-15-16(2)26-19-10-6-5-9-18(19)24-3/h5-10,14,16H,4,11-13,15H2,1-3H3,(H2,21,22,23). The number of hydrogen-bond acceptors (Lipinski definition) is 4. The van der Waals surface area contributed by atoms with Gasteiger partial charge in [-0.15, -0.1) is 0 Å². The first-order chi connectivity index (χ1) is 12.7. The van der Waals surface area contributed by atoms with Crippen LogP contribution < -0.4 is 20.1 Å². The van der Waals surface area contributed by atoms with Crippen molar-refractivity contribution in [3.05, 3.63) is 48.4 Å². The summed E-state index contributed by atoms with van der Waals surface area (Å²) >= 11 is 0. The van der Waals surface area contributed by atoms with Crippen LogP contribution in [-0.4, -0.2) is 38.8 Å². The smallest absolute Gasteiger partial charge is 0.191 e. The molecule has 0 bridgehead atoms. The number of hydrogen-bond donors (Lipinski definition) is 2. The van der Waals surface area contributed by atoms with Crippen LogP contribution in [0, 0.1) is 0 Å². The Balaban J connectivity index is 1.86. The van der Waals surface area contributed by atoms with Crippen molar-refractivity contribution in [3.63, 3.8) is 0 Å². The quantitative estimate of drug-likeness (QED) is 0.503. The molecule has 0 aliphatic rings. The summed E-state index contributed by atoms with van der Waals surface area (Å²) in [6.45, 7) is 6.29. The van der Waals surface area contributed by atoms with E-state index in [4.69, 9.17) is 13.9 Å². The predicted octanol–water partition coefficient (Wildman–Crippen LogP) is 3.24. The maximum absolute atomic E-state index is 5.95. The second kappa shape index (κ2) is 11.1. The molecule has 0 radical (unpaired) electrons. The third kappa shape index (κ3) is 6.70. The van der Waals surface area contributed by atoms with Gasteiger partial charge in [-0.3, -0.25) is 0 Å². The molecule has 2 rings (SSSR count). The van der Waals surface area contributed by atoms with Gasteiger partial charge in [-0.2, -0.15) is 0 Å². The highest BCUT2D eigenvalue weighted by Gasteiger charge is 2.09.